The summed E-state index contributed by atoms with van der Waals surface area (Å²) in [5.41, 5.74) is 8.00. The minimum absolute atomic E-state index is 0.485. The first-order valence-corrected chi connectivity index (χ1v) is 8.63. The number of hydrogen-bond donors (Lipinski definition) is 1. The Morgan fingerprint density at radius 1 is 1.08 bits per heavy atom. The minimum atomic E-state index is -4.31. The van der Waals surface area contributed by atoms with Crippen LogP contribution in [0.1, 0.15) is 25.0 Å². The molecule has 3 nitrogen and oxygen atoms in total. The fourth-order valence-electron chi connectivity index (χ4n) is 2.93. The lowest BCUT2D eigenvalue weighted by Gasteiger charge is -2.33. The highest BCUT2D eigenvalue weighted by molar-refractivity contribution is 5.67. The maximum Gasteiger partial charge on any atom is 0.416 e. The van der Waals surface area contributed by atoms with Gasteiger partial charge in [-0.05, 0) is 42.4 Å². The highest BCUT2D eigenvalue weighted by Gasteiger charge is 2.30. The van der Waals surface area contributed by atoms with Gasteiger partial charge in [-0.25, -0.2) is 0 Å². The molecular formula is C19H26F3N3. The van der Waals surface area contributed by atoms with Gasteiger partial charge in [0, 0.05) is 31.9 Å². The molecule has 138 valence electrons. The summed E-state index contributed by atoms with van der Waals surface area (Å²) in [5.74, 6) is 0. The highest BCUT2D eigenvalue weighted by atomic mass is 19.4. The molecule has 25 heavy (non-hydrogen) atoms. The number of nitrogens with two attached hydrogens (primary N) is 1. The molecule has 0 spiro atoms. The molecule has 0 aromatic heterocycles. The largest absolute Gasteiger partial charge is 0.416 e. The number of halogens is 3. The van der Waals surface area contributed by atoms with Gasteiger partial charge in [0.15, 0.2) is 0 Å². The van der Waals surface area contributed by atoms with E-state index in [4.69, 9.17) is 5.73 Å². The predicted octanol–water partition coefficient (Wildman–Crippen LogP) is 3.59. The monoisotopic (exact) mass is 353 g/mol. The number of alkyl halides is 3. The van der Waals surface area contributed by atoms with Crippen LogP contribution < -0.4 is 5.73 Å². The number of allylic oxidation sites excluding steroid dienone is 2. The lowest BCUT2D eigenvalue weighted by molar-refractivity contribution is -0.137. The molecule has 1 aliphatic rings. The molecule has 0 atom stereocenters. The van der Waals surface area contributed by atoms with Crippen molar-refractivity contribution in [3.8, 4) is 0 Å². The third kappa shape index (κ3) is 5.09. The lowest BCUT2D eigenvalue weighted by atomic mass is 10.0. The fourth-order valence-corrected chi connectivity index (χ4v) is 2.93. The Balaban J connectivity index is 2.21. The second-order valence-corrected chi connectivity index (χ2v) is 6.10. The zero-order chi connectivity index (χ0) is 18.4. The van der Waals surface area contributed by atoms with Gasteiger partial charge in [0.2, 0.25) is 0 Å². The average Bonchev–Trinajstić information content (AvgIpc) is 2.61. The van der Waals surface area contributed by atoms with Crippen molar-refractivity contribution in [1.29, 1.82) is 0 Å². The fraction of sp³-hybridized carbons (Fsp3) is 0.474. The van der Waals surface area contributed by atoms with E-state index in [1.807, 2.05) is 12.2 Å². The summed E-state index contributed by atoms with van der Waals surface area (Å²) in [6.07, 6.45) is -0.383. The quantitative estimate of drug-likeness (QED) is 0.813. The SMILES string of the molecule is CCN(CC)CCN1CC(CN)=CC=C1c1ccc(C(F)(F)F)cc1. The van der Waals surface area contributed by atoms with Crippen LogP contribution in [0, 0.1) is 0 Å². The molecule has 1 aromatic carbocycles. The summed E-state index contributed by atoms with van der Waals surface area (Å²) < 4.78 is 38.3. The summed E-state index contributed by atoms with van der Waals surface area (Å²) in [5, 5.41) is 0. The van der Waals surface area contributed by atoms with Crippen molar-refractivity contribution in [2.45, 2.75) is 20.0 Å². The van der Waals surface area contributed by atoms with E-state index in [0.717, 1.165) is 55.1 Å². The second-order valence-electron chi connectivity index (χ2n) is 6.10. The second kappa shape index (κ2) is 8.54. The molecule has 1 aliphatic heterocycles. The molecule has 0 amide bonds. The Kier molecular flexibility index (Phi) is 6.67. The van der Waals surface area contributed by atoms with Gasteiger partial charge in [-0.15, -0.1) is 0 Å². The van der Waals surface area contributed by atoms with E-state index in [1.165, 1.54) is 0 Å². The van der Waals surface area contributed by atoms with Crippen molar-refractivity contribution in [3.05, 3.63) is 53.1 Å². The van der Waals surface area contributed by atoms with Crippen molar-refractivity contribution in [3.63, 3.8) is 0 Å². The van der Waals surface area contributed by atoms with E-state index in [1.54, 1.807) is 12.1 Å². The third-order valence-corrected chi connectivity index (χ3v) is 4.56. The van der Waals surface area contributed by atoms with Crippen LogP contribution in [0.15, 0.2) is 42.0 Å². The predicted molar refractivity (Wildman–Crippen MR) is 95.9 cm³/mol. The zero-order valence-corrected chi connectivity index (χ0v) is 14.8. The highest BCUT2D eigenvalue weighted by Crippen LogP contribution is 2.31. The summed E-state index contributed by atoms with van der Waals surface area (Å²) in [6, 6.07) is 5.36. The first kappa shape index (κ1) is 19.5. The smallest absolute Gasteiger partial charge is 0.366 e. The number of rotatable bonds is 7. The van der Waals surface area contributed by atoms with Crippen molar-refractivity contribution in [1.82, 2.24) is 9.80 Å². The summed E-state index contributed by atoms with van der Waals surface area (Å²) in [6.45, 7) is 9.11. The van der Waals surface area contributed by atoms with Crippen molar-refractivity contribution < 1.29 is 13.2 Å². The molecule has 0 saturated carbocycles. The van der Waals surface area contributed by atoms with Gasteiger partial charge < -0.3 is 15.5 Å². The van der Waals surface area contributed by atoms with Crippen LogP contribution in [0.4, 0.5) is 13.2 Å². The number of benzene rings is 1. The maximum atomic E-state index is 12.8. The van der Waals surface area contributed by atoms with Crippen LogP contribution in [0.3, 0.4) is 0 Å². The molecule has 0 saturated heterocycles. The molecule has 0 fully saturated rings. The summed E-state index contributed by atoms with van der Waals surface area (Å²) >= 11 is 0. The van der Waals surface area contributed by atoms with E-state index < -0.39 is 11.7 Å². The third-order valence-electron chi connectivity index (χ3n) is 4.56. The normalized spacial score (nSPS) is 15.4. The average molecular weight is 353 g/mol. The Labute approximate surface area is 147 Å². The first-order valence-electron chi connectivity index (χ1n) is 8.63. The standard InChI is InChI=1S/C19H26F3N3/c1-3-24(4-2)11-12-25-14-15(13-23)5-10-18(25)16-6-8-17(9-7-16)19(20,21)22/h5-10H,3-4,11-14,23H2,1-2H3. The van der Waals surface area contributed by atoms with E-state index in [2.05, 4.69) is 23.6 Å². The van der Waals surface area contributed by atoms with Crippen LogP contribution in [0.25, 0.3) is 5.70 Å². The Morgan fingerprint density at radius 3 is 2.24 bits per heavy atom. The van der Waals surface area contributed by atoms with Gasteiger partial charge in [0.05, 0.1) is 5.56 Å². The first-order chi connectivity index (χ1) is 11.9. The topological polar surface area (TPSA) is 32.5 Å². The number of hydrogen-bond acceptors (Lipinski definition) is 3. The maximum absolute atomic E-state index is 12.8. The number of likely N-dealkylation sites (N-methyl/N-ethyl adjacent to an activating group) is 1. The van der Waals surface area contributed by atoms with Crippen molar-refractivity contribution >= 4 is 5.70 Å². The van der Waals surface area contributed by atoms with Gasteiger partial charge in [-0.2, -0.15) is 13.2 Å². The van der Waals surface area contributed by atoms with E-state index in [-0.39, 0.29) is 0 Å². The van der Waals surface area contributed by atoms with Gasteiger partial charge in [-0.1, -0.05) is 32.1 Å². The Bertz CT molecular complexity index is 614. The Hall–Kier alpha value is -1.79. The van der Waals surface area contributed by atoms with Crippen molar-refractivity contribution in [2.24, 2.45) is 5.73 Å². The summed E-state index contributed by atoms with van der Waals surface area (Å²) in [4.78, 5) is 4.52. The molecule has 6 heteroatoms. The molecular weight excluding hydrogens is 327 g/mol. The van der Waals surface area contributed by atoms with E-state index >= 15 is 0 Å². The minimum Gasteiger partial charge on any atom is -0.366 e. The molecule has 0 bridgehead atoms. The van der Waals surface area contributed by atoms with E-state index in [0.29, 0.717) is 13.1 Å². The van der Waals surface area contributed by atoms with Gasteiger partial charge in [0.1, 0.15) is 0 Å². The molecule has 1 heterocycles. The van der Waals surface area contributed by atoms with Gasteiger partial charge in [0.25, 0.3) is 0 Å². The molecule has 0 unspecified atom stereocenters. The number of nitrogens with zero attached hydrogens (tertiary/aromatic N) is 2. The van der Waals surface area contributed by atoms with Crippen LogP contribution >= 0.6 is 0 Å². The molecule has 0 radical (unpaired) electrons. The lowest BCUT2D eigenvalue weighted by Crippen LogP contribution is -2.37. The van der Waals surface area contributed by atoms with Crippen molar-refractivity contribution in [2.75, 3.05) is 39.3 Å². The molecule has 2 rings (SSSR count). The zero-order valence-electron chi connectivity index (χ0n) is 14.8. The Morgan fingerprint density at radius 2 is 1.72 bits per heavy atom. The van der Waals surface area contributed by atoms with E-state index in [9.17, 15) is 13.2 Å². The molecule has 0 aliphatic carbocycles. The molecule has 2 N–H and O–H groups in total. The summed E-state index contributed by atoms with van der Waals surface area (Å²) in [7, 11) is 0. The van der Waals surface area contributed by atoms with Crippen LogP contribution in [-0.4, -0.2) is 49.1 Å². The van der Waals surface area contributed by atoms with Gasteiger partial charge in [-0.3, -0.25) is 0 Å². The van der Waals surface area contributed by atoms with Crippen LogP contribution in [0.5, 0.6) is 0 Å². The van der Waals surface area contributed by atoms with Gasteiger partial charge >= 0.3 is 6.18 Å². The van der Waals surface area contributed by atoms with Crippen LogP contribution in [0.2, 0.25) is 0 Å². The molecule has 1 aromatic rings. The van der Waals surface area contributed by atoms with Crippen LogP contribution in [-0.2, 0) is 6.18 Å².